The van der Waals surface area contributed by atoms with E-state index in [9.17, 15) is 14.7 Å². The van der Waals surface area contributed by atoms with Crippen molar-refractivity contribution in [3.05, 3.63) is 57.4 Å². The number of ether oxygens (including phenoxy) is 2. The van der Waals surface area contributed by atoms with Gasteiger partial charge in [0.15, 0.2) is 0 Å². The Kier molecular flexibility index (Phi) is 4.31. The van der Waals surface area contributed by atoms with Gasteiger partial charge in [0.05, 0.1) is 17.9 Å². The molecule has 3 rings (SSSR count). The molecule has 0 bridgehead atoms. The molecule has 7 heteroatoms. The predicted octanol–water partition coefficient (Wildman–Crippen LogP) is 2.58. The fourth-order valence-electron chi connectivity index (χ4n) is 2.82. The molecule has 0 fully saturated rings. The fraction of sp³-hybridized carbons (Fsp3) is 0.316. The molecule has 26 heavy (non-hydrogen) atoms. The SMILES string of the molecule is CCOC(=O)c1ccc2c(c1)C(n1nc(O)ccc1=O)=C(C)C(C)(C)O2. The van der Waals surface area contributed by atoms with E-state index < -0.39 is 17.1 Å². The Balaban J connectivity index is 2.28. The zero-order valence-corrected chi connectivity index (χ0v) is 15.1. The number of benzene rings is 1. The number of carbonyl (C=O) groups is 1. The lowest BCUT2D eigenvalue weighted by molar-refractivity contribution is 0.0526. The zero-order valence-electron chi connectivity index (χ0n) is 15.1. The van der Waals surface area contributed by atoms with Crippen LogP contribution >= 0.6 is 0 Å². The van der Waals surface area contributed by atoms with Crippen molar-refractivity contribution >= 4 is 11.7 Å². The molecule has 0 saturated heterocycles. The fourth-order valence-corrected chi connectivity index (χ4v) is 2.82. The molecular formula is C19H20N2O5. The Morgan fingerprint density at radius 3 is 2.73 bits per heavy atom. The van der Waals surface area contributed by atoms with Gasteiger partial charge in [0, 0.05) is 17.7 Å². The van der Waals surface area contributed by atoms with Crippen molar-refractivity contribution in [3.63, 3.8) is 0 Å². The summed E-state index contributed by atoms with van der Waals surface area (Å²) in [6, 6.07) is 7.36. The molecule has 2 heterocycles. The lowest BCUT2D eigenvalue weighted by Gasteiger charge is -2.35. The van der Waals surface area contributed by atoms with Gasteiger partial charge in [0.2, 0.25) is 5.88 Å². The maximum atomic E-state index is 12.4. The molecule has 1 N–H and O–H groups in total. The summed E-state index contributed by atoms with van der Waals surface area (Å²) in [6.07, 6.45) is 0. The van der Waals surface area contributed by atoms with Crippen LogP contribution in [-0.2, 0) is 4.74 Å². The van der Waals surface area contributed by atoms with E-state index in [1.54, 1.807) is 25.1 Å². The van der Waals surface area contributed by atoms with Crippen LogP contribution in [0.4, 0.5) is 0 Å². The van der Waals surface area contributed by atoms with E-state index in [2.05, 4.69) is 5.10 Å². The minimum atomic E-state index is -0.694. The summed E-state index contributed by atoms with van der Waals surface area (Å²) in [5.74, 6) is -0.230. The third-order valence-corrected chi connectivity index (χ3v) is 4.37. The van der Waals surface area contributed by atoms with Crippen LogP contribution in [0, 0.1) is 0 Å². The van der Waals surface area contributed by atoms with Crippen LogP contribution in [-0.4, -0.2) is 33.1 Å². The predicted molar refractivity (Wildman–Crippen MR) is 95.3 cm³/mol. The van der Waals surface area contributed by atoms with E-state index in [0.29, 0.717) is 22.6 Å². The second-order valence-corrected chi connectivity index (χ2v) is 6.46. The van der Waals surface area contributed by atoms with Gasteiger partial charge in [0.1, 0.15) is 11.4 Å². The number of carbonyl (C=O) groups excluding carboxylic acids is 1. The van der Waals surface area contributed by atoms with Crippen LogP contribution in [0.25, 0.3) is 5.70 Å². The standard InChI is InChI=1S/C19H20N2O5/c1-5-25-18(24)12-6-7-14-13(10-12)17(11(2)19(3,4)26-14)21-16(23)9-8-15(22)20-21/h6-10H,5H2,1-4H3,(H,20,22). The van der Waals surface area contributed by atoms with Gasteiger partial charge < -0.3 is 14.6 Å². The van der Waals surface area contributed by atoms with E-state index in [0.717, 1.165) is 10.3 Å². The van der Waals surface area contributed by atoms with E-state index in [1.807, 2.05) is 20.8 Å². The summed E-state index contributed by atoms with van der Waals surface area (Å²) < 4.78 is 12.2. The minimum Gasteiger partial charge on any atom is -0.492 e. The van der Waals surface area contributed by atoms with Gasteiger partial charge in [-0.05, 0) is 51.5 Å². The van der Waals surface area contributed by atoms with Gasteiger partial charge in [-0.3, -0.25) is 4.79 Å². The van der Waals surface area contributed by atoms with Gasteiger partial charge >= 0.3 is 5.97 Å². The quantitative estimate of drug-likeness (QED) is 0.850. The number of fused-ring (bicyclic) bond motifs is 1. The van der Waals surface area contributed by atoms with Gasteiger partial charge in [-0.25, -0.2) is 4.79 Å². The largest absolute Gasteiger partial charge is 0.492 e. The molecule has 7 nitrogen and oxygen atoms in total. The lowest BCUT2D eigenvalue weighted by Crippen LogP contribution is -2.37. The third kappa shape index (κ3) is 2.96. The summed E-state index contributed by atoms with van der Waals surface area (Å²) in [5.41, 5.74) is 0.997. The van der Waals surface area contributed by atoms with Crippen LogP contribution in [0.3, 0.4) is 0 Å². The number of aromatic hydroxyl groups is 1. The maximum absolute atomic E-state index is 12.4. The molecule has 136 valence electrons. The molecule has 1 aliphatic heterocycles. The Morgan fingerprint density at radius 1 is 1.31 bits per heavy atom. The van der Waals surface area contributed by atoms with Crippen LogP contribution in [0.2, 0.25) is 0 Å². The van der Waals surface area contributed by atoms with Crippen LogP contribution < -0.4 is 10.3 Å². The molecule has 0 saturated carbocycles. The number of nitrogens with zero attached hydrogens (tertiary/aromatic N) is 2. The van der Waals surface area contributed by atoms with Crippen LogP contribution in [0.1, 0.15) is 43.6 Å². The highest BCUT2D eigenvalue weighted by atomic mass is 16.5. The minimum absolute atomic E-state index is 0.259. The van der Waals surface area contributed by atoms with Crippen molar-refractivity contribution in [2.75, 3.05) is 6.61 Å². The van der Waals surface area contributed by atoms with Crippen molar-refractivity contribution in [1.29, 1.82) is 0 Å². The second kappa shape index (κ2) is 6.33. The van der Waals surface area contributed by atoms with Gasteiger partial charge in [-0.1, -0.05) is 0 Å². The molecular weight excluding hydrogens is 336 g/mol. The number of aromatic nitrogens is 2. The highest BCUT2D eigenvalue weighted by Gasteiger charge is 2.34. The molecule has 0 atom stereocenters. The van der Waals surface area contributed by atoms with Gasteiger partial charge in [0.25, 0.3) is 5.56 Å². The van der Waals surface area contributed by atoms with Crippen molar-refractivity contribution in [2.24, 2.45) is 0 Å². The van der Waals surface area contributed by atoms with Crippen LogP contribution in [0.15, 0.2) is 40.7 Å². The number of esters is 1. The molecule has 0 radical (unpaired) electrons. The second-order valence-electron chi connectivity index (χ2n) is 6.46. The first-order valence-electron chi connectivity index (χ1n) is 8.26. The summed E-state index contributed by atoms with van der Waals surface area (Å²) in [4.78, 5) is 24.5. The van der Waals surface area contributed by atoms with E-state index in [-0.39, 0.29) is 12.5 Å². The normalized spacial score (nSPS) is 15.2. The highest BCUT2D eigenvalue weighted by molar-refractivity contribution is 5.91. The van der Waals surface area contributed by atoms with Gasteiger partial charge in [-0.15, -0.1) is 5.10 Å². The molecule has 1 aliphatic rings. The molecule has 0 amide bonds. The Hall–Kier alpha value is -3.09. The molecule has 0 aliphatic carbocycles. The summed E-state index contributed by atoms with van der Waals surface area (Å²) in [5, 5.41) is 13.7. The van der Waals surface area contributed by atoms with E-state index >= 15 is 0 Å². The monoisotopic (exact) mass is 356 g/mol. The molecule has 0 spiro atoms. The van der Waals surface area contributed by atoms with Crippen molar-refractivity contribution in [2.45, 2.75) is 33.3 Å². The first kappa shape index (κ1) is 17.7. The van der Waals surface area contributed by atoms with Gasteiger partial charge in [-0.2, -0.15) is 4.68 Å². The molecule has 0 unspecified atom stereocenters. The first-order chi connectivity index (χ1) is 12.2. The van der Waals surface area contributed by atoms with Crippen molar-refractivity contribution in [1.82, 2.24) is 9.78 Å². The van der Waals surface area contributed by atoms with E-state index in [4.69, 9.17) is 9.47 Å². The number of hydrogen-bond donors (Lipinski definition) is 1. The molecule has 1 aromatic carbocycles. The summed E-state index contributed by atoms with van der Waals surface area (Å²) in [7, 11) is 0. The first-order valence-corrected chi connectivity index (χ1v) is 8.26. The average molecular weight is 356 g/mol. The third-order valence-electron chi connectivity index (χ3n) is 4.37. The van der Waals surface area contributed by atoms with E-state index in [1.165, 1.54) is 12.1 Å². The maximum Gasteiger partial charge on any atom is 0.338 e. The molecule has 2 aromatic rings. The Labute approximate surface area is 150 Å². The molecule has 1 aromatic heterocycles. The smallest absolute Gasteiger partial charge is 0.338 e. The van der Waals surface area contributed by atoms with Crippen molar-refractivity contribution in [3.8, 4) is 11.6 Å². The average Bonchev–Trinajstić information content (AvgIpc) is 2.58. The summed E-state index contributed by atoms with van der Waals surface area (Å²) in [6.45, 7) is 7.56. The highest BCUT2D eigenvalue weighted by Crippen LogP contribution is 2.41. The number of hydrogen-bond acceptors (Lipinski definition) is 6. The lowest BCUT2D eigenvalue weighted by atomic mass is 9.90. The van der Waals surface area contributed by atoms with Crippen LogP contribution in [0.5, 0.6) is 11.6 Å². The number of rotatable bonds is 3. The topological polar surface area (TPSA) is 90.7 Å². The van der Waals surface area contributed by atoms with Crippen molar-refractivity contribution < 1.29 is 19.4 Å². The Bertz CT molecular complexity index is 972. The zero-order chi connectivity index (χ0) is 19.1. The summed E-state index contributed by atoms with van der Waals surface area (Å²) >= 11 is 0. The Morgan fingerprint density at radius 2 is 2.04 bits per heavy atom.